The molecule has 0 saturated heterocycles. The third-order valence-corrected chi connectivity index (χ3v) is 4.15. The molecule has 14 heavy (non-hydrogen) atoms. The van der Waals surface area contributed by atoms with Gasteiger partial charge in [0.05, 0.1) is 0 Å². The zero-order chi connectivity index (χ0) is 9.54. The van der Waals surface area contributed by atoms with Gasteiger partial charge in [-0.2, -0.15) is 0 Å². The quantitative estimate of drug-likeness (QED) is 0.698. The Labute approximate surface area is 93.8 Å². The van der Waals surface area contributed by atoms with Crippen molar-refractivity contribution in [3.8, 4) is 0 Å². The van der Waals surface area contributed by atoms with Crippen LogP contribution >= 0.6 is 15.9 Å². The molecule has 0 N–H and O–H groups in total. The van der Waals surface area contributed by atoms with Crippen LogP contribution in [0.5, 0.6) is 0 Å². The Balaban J connectivity index is 2.02. The summed E-state index contributed by atoms with van der Waals surface area (Å²) < 4.78 is 1.25. The second kappa shape index (κ2) is 3.37. The minimum absolute atomic E-state index is 0.885. The Hall–Kier alpha value is -0.300. The van der Waals surface area contributed by atoms with E-state index >= 15 is 0 Å². The summed E-state index contributed by atoms with van der Waals surface area (Å²) in [5.74, 6) is 1.90. The first kappa shape index (κ1) is 8.96. The molecule has 74 valence electrons. The molecular formula is C13H15Br. The van der Waals surface area contributed by atoms with E-state index in [4.69, 9.17) is 0 Å². The molecule has 1 aromatic rings. The van der Waals surface area contributed by atoms with Gasteiger partial charge in [-0.1, -0.05) is 22.0 Å². The van der Waals surface area contributed by atoms with Gasteiger partial charge in [0, 0.05) is 4.47 Å². The molecule has 0 heterocycles. The van der Waals surface area contributed by atoms with Gasteiger partial charge < -0.3 is 0 Å². The zero-order valence-corrected chi connectivity index (χ0v) is 9.89. The molecule has 0 amide bonds. The highest BCUT2D eigenvalue weighted by molar-refractivity contribution is 9.10. The summed E-state index contributed by atoms with van der Waals surface area (Å²) in [5, 5.41) is 0. The lowest BCUT2D eigenvalue weighted by atomic mass is 9.80. The van der Waals surface area contributed by atoms with E-state index in [1.807, 2.05) is 0 Å². The third-order valence-electron chi connectivity index (χ3n) is 3.66. The van der Waals surface area contributed by atoms with Gasteiger partial charge in [0.1, 0.15) is 0 Å². The van der Waals surface area contributed by atoms with E-state index in [2.05, 4.69) is 34.1 Å². The lowest BCUT2D eigenvalue weighted by Gasteiger charge is -2.25. The average Bonchev–Trinajstić information content (AvgIpc) is 3.00. The summed E-state index contributed by atoms with van der Waals surface area (Å²) >= 11 is 3.59. The molecule has 0 bridgehead atoms. The maximum Gasteiger partial charge on any atom is 0.0178 e. The standard InChI is InChI=1S/C13H15Br/c14-11-7-6-9-2-1-3-12(10-4-5-10)13(9)8-11/h6-8,10,12H,1-5H2. The molecule has 1 saturated carbocycles. The fraction of sp³-hybridized carbons (Fsp3) is 0.538. The first-order chi connectivity index (χ1) is 6.84. The highest BCUT2D eigenvalue weighted by atomic mass is 79.9. The molecule has 0 aromatic heterocycles. The zero-order valence-electron chi connectivity index (χ0n) is 8.30. The van der Waals surface area contributed by atoms with E-state index in [1.54, 1.807) is 11.1 Å². The first-order valence-electron chi connectivity index (χ1n) is 5.63. The van der Waals surface area contributed by atoms with E-state index < -0.39 is 0 Å². The molecule has 1 unspecified atom stereocenters. The van der Waals surface area contributed by atoms with Crippen LogP contribution in [0.1, 0.15) is 42.7 Å². The van der Waals surface area contributed by atoms with E-state index in [0.29, 0.717) is 0 Å². The van der Waals surface area contributed by atoms with Crippen LogP contribution in [0.25, 0.3) is 0 Å². The summed E-state index contributed by atoms with van der Waals surface area (Å²) in [6, 6.07) is 6.86. The smallest absolute Gasteiger partial charge is 0.0178 e. The highest BCUT2D eigenvalue weighted by Gasteiger charge is 2.34. The second-order valence-corrected chi connectivity index (χ2v) is 5.59. The van der Waals surface area contributed by atoms with Gasteiger partial charge in [0.15, 0.2) is 0 Å². The molecule has 1 atom stereocenters. The predicted octanol–water partition coefficient (Wildman–Crippen LogP) is 4.28. The van der Waals surface area contributed by atoms with Gasteiger partial charge >= 0.3 is 0 Å². The molecule has 0 spiro atoms. The molecule has 3 rings (SSSR count). The van der Waals surface area contributed by atoms with Gasteiger partial charge in [-0.05, 0) is 67.2 Å². The van der Waals surface area contributed by atoms with Crippen LogP contribution in [0.2, 0.25) is 0 Å². The van der Waals surface area contributed by atoms with E-state index in [9.17, 15) is 0 Å². The number of halogens is 1. The summed E-state index contributed by atoms with van der Waals surface area (Å²) in [6.45, 7) is 0. The van der Waals surface area contributed by atoms with E-state index in [-0.39, 0.29) is 0 Å². The maximum atomic E-state index is 3.59. The molecule has 0 nitrogen and oxygen atoms in total. The SMILES string of the molecule is Brc1ccc2c(c1)C(C1CC1)CCC2. The molecule has 1 aromatic carbocycles. The minimum atomic E-state index is 0.885. The fourth-order valence-corrected chi connectivity index (χ4v) is 3.17. The number of hydrogen-bond donors (Lipinski definition) is 0. The topological polar surface area (TPSA) is 0 Å². The van der Waals surface area contributed by atoms with E-state index in [0.717, 1.165) is 11.8 Å². The van der Waals surface area contributed by atoms with Crippen molar-refractivity contribution in [2.24, 2.45) is 5.92 Å². The molecule has 1 fully saturated rings. The van der Waals surface area contributed by atoms with Crippen LogP contribution in [0.3, 0.4) is 0 Å². The fourth-order valence-electron chi connectivity index (χ4n) is 2.79. The van der Waals surface area contributed by atoms with Gasteiger partial charge in [-0.25, -0.2) is 0 Å². The Morgan fingerprint density at radius 3 is 2.79 bits per heavy atom. The third kappa shape index (κ3) is 1.52. The second-order valence-electron chi connectivity index (χ2n) is 4.68. The van der Waals surface area contributed by atoms with Crippen molar-refractivity contribution in [1.29, 1.82) is 0 Å². The number of benzene rings is 1. The normalized spacial score (nSPS) is 25.9. The summed E-state index contributed by atoms with van der Waals surface area (Å²) in [6.07, 6.45) is 7.06. The maximum absolute atomic E-state index is 3.59. The average molecular weight is 251 g/mol. The van der Waals surface area contributed by atoms with Crippen molar-refractivity contribution in [2.45, 2.75) is 38.0 Å². The minimum Gasteiger partial charge on any atom is -0.0576 e. The molecule has 2 aliphatic carbocycles. The monoisotopic (exact) mass is 250 g/mol. The summed E-state index contributed by atoms with van der Waals surface area (Å²) in [4.78, 5) is 0. The number of fused-ring (bicyclic) bond motifs is 1. The van der Waals surface area contributed by atoms with E-state index in [1.165, 1.54) is 36.6 Å². The van der Waals surface area contributed by atoms with Crippen molar-refractivity contribution in [1.82, 2.24) is 0 Å². The Bertz CT molecular complexity index is 352. The van der Waals surface area contributed by atoms with Crippen LogP contribution in [0.4, 0.5) is 0 Å². The molecule has 2 aliphatic rings. The van der Waals surface area contributed by atoms with Crippen molar-refractivity contribution in [3.05, 3.63) is 33.8 Å². The van der Waals surface area contributed by atoms with Crippen LogP contribution in [0.15, 0.2) is 22.7 Å². The Kier molecular flexibility index (Phi) is 2.16. The Morgan fingerprint density at radius 1 is 1.14 bits per heavy atom. The number of aryl methyl sites for hydroxylation is 1. The number of hydrogen-bond acceptors (Lipinski definition) is 0. The van der Waals surface area contributed by atoms with Gasteiger partial charge in [0.25, 0.3) is 0 Å². The lowest BCUT2D eigenvalue weighted by Crippen LogP contribution is -2.11. The molecule has 1 heteroatoms. The van der Waals surface area contributed by atoms with Gasteiger partial charge in [0.2, 0.25) is 0 Å². The van der Waals surface area contributed by atoms with Gasteiger partial charge in [-0.15, -0.1) is 0 Å². The number of rotatable bonds is 1. The van der Waals surface area contributed by atoms with Crippen LogP contribution in [-0.2, 0) is 6.42 Å². The molecular weight excluding hydrogens is 236 g/mol. The Morgan fingerprint density at radius 2 is 2.00 bits per heavy atom. The van der Waals surface area contributed by atoms with Crippen LogP contribution in [-0.4, -0.2) is 0 Å². The van der Waals surface area contributed by atoms with Crippen molar-refractivity contribution in [2.75, 3.05) is 0 Å². The van der Waals surface area contributed by atoms with Crippen molar-refractivity contribution >= 4 is 15.9 Å². The molecule has 0 aliphatic heterocycles. The van der Waals surface area contributed by atoms with Gasteiger partial charge in [-0.3, -0.25) is 0 Å². The van der Waals surface area contributed by atoms with Crippen molar-refractivity contribution < 1.29 is 0 Å². The highest BCUT2D eigenvalue weighted by Crippen LogP contribution is 2.48. The largest absolute Gasteiger partial charge is 0.0576 e. The van der Waals surface area contributed by atoms with Crippen LogP contribution in [0, 0.1) is 5.92 Å². The van der Waals surface area contributed by atoms with Crippen LogP contribution < -0.4 is 0 Å². The summed E-state index contributed by atoms with van der Waals surface area (Å²) in [7, 11) is 0. The van der Waals surface area contributed by atoms with Crippen molar-refractivity contribution in [3.63, 3.8) is 0 Å². The predicted molar refractivity (Wildman–Crippen MR) is 62.5 cm³/mol. The summed E-state index contributed by atoms with van der Waals surface area (Å²) in [5.41, 5.74) is 3.25. The molecule has 0 radical (unpaired) electrons. The first-order valence-corrected chi connectivity index (χ1v) is 6.42. The lowest BCUT2D eigenvalue weighted by molar-refractivity contribution is 0.503.